The molecule has 4 aromatic carbocycles. The number of hydrogen-bond acceptors (Lipinski definition) is 5. The number of para-hydroxylation sites is 4. The second-order valence-electron chi connectivity index (χ2n) is 10.3. The van der Waals surface area contributed by atoms with Crippen molar-refractivity contribution < 1.29 is 6.35 Å². The van der Waals surface area contributed by atoms with Crippen LogP contribution in [0.25, 0.3) is 0 Å². The summed E-state index contributed by atoms with van der Waals surface area (Å²) in [6.45, 7) is 8.67. The van der Waals surface area contributed by atoms with Gasteiger partial charge in [0, 0.05) is 29.7 Å². The summed E-state index contributed by atoms with van der Waals surface area (Å²) in [7, 11) is 0. The number of nitro groups is 1. The molecule has 0 bridgehead atoms. The van der Waals surface area contributed by atoms with Crippen molar-refractivity contribution in [3.05, 3.63) is 117 Å². The topological polar surface area (TPSA) is 93.2 Å². The summed E-state index contributed by atoms with van der Waals surface area (Å²) in [4.78, 5) is 10.8. The van der Waals surface area contributed by atoms with Crippen LogP contribution >= 0.6 is 0 Å². The number of nitrogens with two attached hydrogens (primary N) is 1. The molecule has 0 fully saturated rings. The Morgan fingerprint density at radius 1 is 0.667 bits per heavy atom. The van der Waals surface area contributed by atoms with E-state index in [0.29, 0.717) is 5.69 Å². The first kappa shape index (κ1) is 23.4. The van der Waals surface area contributed by atoms with Gasteiger partial charge in [0.2, 0.25) is 0 Å². The minimum atomic E-state index is -0.337. The standard InChI is InChI=1S/C15H14N2O2.C15H16N2.H2/c1-15(2)10-6-3-4-8-12(10)16-14-11(15)7-5-9-13(14)17(18)19;1-15(2)10-6-3-4-9-13(10)17-14-11(15)7-5-8-12(14)16;/h3-9,16H,1-2H3;3-9,17H,16H2,1-2H3;1H. The molecular weight excluding hydrogens is 448 g/mol. The van der Waals surface area contributed by atoms with Gasteiger partial charge in [0.25, 0.3) is 5.69 Å². The van der Waals surface area contributed by atoms with Crippen LogP contribution in [-0.4, -0.2) is 4.92 Å². The number of benzene rings is 4. The van der Waals surface area contributed by atoms with Crippen LogP contribution in [0.5, 0.6) is 0 Å². The summed E-state index contributed by atoms with van der Waals surface area (Å²) in [5, 5.41) is 17.8. The van der Waals surface area contributed by atoms with Crippen LogP contribution in [0.1, 0.15) is 51.4 Å². The molecule has 6 rings (SSSR count). The van der Waals surface area contributed by atoms with Crippen molar-refractivity contribution in [3.8, 4) is 0 Å². The van der Waals surface area contributed by atoms with Crippen molar-refractivity contribution in [2.75, 3.05) is 16.4 Å². The van der Waals surface area contributed by atoms with Crippen LogP contribution in [0.15, 0.2) is 84.9 Å². The predicted octanol–water partition coefficient (Wildman–Crippen LogP) is 7.88. The van der Waals surface area contributed by atoms with Crippen molar-refractivity contribution >= 4 is 34.1 Å². The fourth-order valence-corrected chi connectivity index (χ4v) is 5.41. The quantitative estimate of drug-likeness (QED) is 0.146. The Morgan fingerprint density at radius 2 is 1.11 bits per heavy atom. The Morgan fingerprint density at radius 3 is 1.67 bits per heavy atom. The van der Waals surface area contributed by atoms with Gasteiger partial charge >= 0.3 is 0 Å². The zero-order valence-corrected chi connectivity index (χ0v) is 20.9. The number of rotatable bonds is 1. The Hall–Kier alpha value is -4.32. The lowest BCUT2D eigenvalue weighted by molar-refractivity contribution is -0.384. The monoisotopic (exact) mass is 480 g/mol. The number of anilines is 5. The fraction of sp³-hybridized carbons (Fsp3) is 0.200. The Bertz CT molecular complexity index is 1500. The first-order valence-electron chi connectivity index (χ1n) is 12.0. The van der Waals surface area contributed by atoms with Crippen LogP contribution < -0.4 is 16.4 Å². The van der Waals surface area contributed by atoms with Crippen molar-refractivity contribution in [1.82, 2.24) is 0 Å². The first-order valence-corrected chi connectivity index (χ1v) is 12.0. The molecule has 0 spiro atoms. The molecule has 6 nitrogen and oxygen atoms in total. The third-order valence-electron chi connectivity index (χ3n) is 7.40. The van der Waals surface area contributed by atoms with E-state index in [2.05, 4.69) is 68.7 Å². The van der Waals surface area contributed by atoms with Crippen molar-refractivity contribution in [2.24, 2.45) is 0 Å². The summed E-state index contributed by atoms with van der Waals surface area (Å²) in [5.74, 6) is 0. The second kappa shape index (κ2) is 8.41. The van der Waals surface area contributed by atoms with Crippen LogP contribution in [0.2, 0.25) is 0 Å². The summed E-state index contributed by atoms with van der Waals surface area (Å²) in [6.07, 6.45) is 0. The maximum Gasteiger partial charge on any atom is 0.292 e. The largest absolute Gasteiger partial charge is 0.397 e. The first-order chi connectivity index (χ1) is 17.1. The molecule has 4 N–H and O–H groups in total. The maximum atomic E-state index is 11.2. The van der Waals surface area contributed by atoms with Crippen LogP contribution in [0.4, 0.5) is 34.1 Å². The minimum Gasteiger partial charge on any atom is -0.397 e. The smallest absolute Gasteiger partial charge is 0.292 e. The molecule has 36 heavy (non-hydrogen) atoms. The minimum absolute atomic E-state index is 0. The van der Waals surface area contributed by atoms with Crippen LogP contribution in [0, 0.1) is 10.1 Å². The summed E-state index contributed by atoms with van der Waals surface area (Å²) >= 11 is 0. The second-order valence-corrected chi connectivity index (χ2v) is 10.3. The number of hydrogen-bond donors (Lipinski definition) is 3. The molecule has 184 valence electrons. The molecule has 0 radical (unpaired) electrons. The van der Waals surface area contributed by atoms with Crippen LogP contribution in [-0.2, 0) is 10.8 Å². The number of fused-ring (bicyclic) bond motifs is 4. The van der Waals surface area contributed by atoms with E-state index in [1.165, 1.54) is 17.2 Å². The van der Waals surface area contributed by atoms with Gasteiger partial charge in [-0.15, -0.1) is 0 Å². The molecule has 0 unspecified atom stereocenters. The predicted molar refractivity (Wildman–Crippen MR) is 150 cm³/mol. The molecule has 0 aliphatic carbocycles. The highest BCUT2D eigenvalue weighted by Crippen LogP contribution is 2.48. The number of nitrogens with one attached hydrogen (secondary N) is 2. The molecule has 0 amide bonds. The number of nitrogens with zero attached hydrogens (tertiary/aromatic N) is 1. The SMILES string of the molecule is CC1(C)c2ccccc2Nc2c(N)cccc21.CC1(C)c2ccccc2Nc2c([N+](=O)[O-])cccc21.[HH]. The van der Waals surface area contributed by atoms with Crippen LogP contribution in [0.3, 0.4) is 0 Å². The van der Waals surface area contributed by atoms with Gasteiger partial charge in [0.15, 0.2) is 0 Å². The van der Waals surface area contributed by atoms with Gasteiger partial charge in [-0.05, 0) is 40.5 Å². The zero-order chi connectivity index (χ0) is 25.7. The van der Waals surface area contributed by atoms with Gasteiger partial charge in [0.1, 0.15) is 5.69 Å². The molecule has 4 aromatic rings. The van der Waals surface area contributed by atoms with E-state index in [9.17, 15) is 10.1 Å². The van der Waals surface area contributed by atoms with Gasteiger partial charge < -0.3 is 16.4 Å². The highest BCUT2D eigenvalue weighted by atomic mass is 16.6. The van der Waals surface area contributed by atoms with Gasteiger partial charge in [-0.1, -0.05) is 88.4 Å². The summed E-state index contributed by atoms with van der Waals surface area (Å²) in [6, 6.07) is 27.7. The van der Waals surface area contributed by atoms with E-state index < -0.39 is 0 Å². The van der Waals surface area contributed by atoms with Gasteiger partial charge in [-0.2, -0.15) is 0 Å². The van der Waals surface area contributed by atoms with Gasteiger partial charge in [-0.3, -0.25) is 10.1 Å². The average molecular weight is 481 g/mol. The molecule has 0 saturated heterocycles. The lowest BCUT2D eigenvalue weighted by atomic mass is 9.74. The van der Waals surface area contributed by atoms with Gasteiger partial charge in [-0.25, -0.2) is 0 Å². The lowest BCUT2D eigenvalue weighted by Crippen LogP contribution is -2.26. The average Bonchev–Trinajstić information content (AvgIpc) is 2.85. The van der Waals surface area contributed by atoms with Gasteiger partial charge in [0.05, 0.1) is 16.3 Å². The fourth-order valence-electron chi connectivity index (χ4n) is 5.41. The van der Waals surface area contributed by atoms with E-state index >= 15 is 0 Å². The molecule has 0 aromatic heterocycles. The van der Waals surface area contributed by atoms with E-state index in [-0.39, 0.29) is 22.9 Å². The summed E-state index contributed by atoms with van der Waals surface area (Å²) in [5.41, 5.74) is 15.2. The van der Waals surface area contributed by atoms with Crippen molar-refractivity contribution in [3.63, 3.8) is 0 Å². The highest BCUT2D eigenvalue weighted by Gasteiger charge is 2.36. The third kappa shape index (κ3) is 3.66. The van der Waals surface area contributed by atoms with E-state index in [0.717, 1.165) is 33.9 Å². The summed E-state index contributed by atoms with van der Waals surface area (Å²) < 4.78 is 0. The Labute approximate surface area is 212 Å². The molecular formula is C30H32N4O2. The van der Waals surface area contributed by atoms with E-state index in [1.54, 1.807) is 6.07 Å². The molecule has 2 heterocycles. The van der Waals surface area contributed by atoms with E-state index in [4.69, 9.17) is 5.73 Å². The number of nitrogen functional groups attached to an aromatic ring is 1. The Balaban J connectivity index is 0.000000169. The van der Waals surface area contributed by atoms with Crippen molar-refractivity contribution in [2.45, 2.75) is 38.5 Å². The normalized spacial score (nSPS) is 15.3. The Kier molecular flexibility index (Phi) is 5.47. The molecule has 2 aliphatic rings. The zero-order valence-electron chi connectivity index (χ0n) is 20.9. The lowest BCUT2D eigenvalue weighted by Gasteiger charge is -2.36. The molecule has 0 atom stereocenters. The maximum absolute atomic E-state index is 11.2. The van der Waals surface area contributed by atoms with Crippen molar-refractivity contribution in [1.29, 1.82) is 0 Å². The molecule has 0 saturated carbocycles. The van der Waals surface area contributed by atoms with E-state index in [1.807, 2.05) is 42.5 Å². The number of nitro benzene ring substituents is 1. The molecule has 2 aliphatic heterocycles. The third-order valence-corrected chi connectivity index (χ3v) is 7.40. The highest BCUT2D eigenvalue weighted by molar-refractivity contribution is 5.83. The molecule has 6 heteroatoms.